The highest BCUT2D eigenvalue weighted by Crippen LogP contribution is 2.43. The lowest BCUT2D eigenvalue weighted by molar-refractivity contribution is 0.313. The van der Waals surface area contributed by atoms with Crippen LogP contribution in [0.25, 0.3) is 0 Å². The fourth-order valence-electron chi connectivity index (χ4n) is 3.53. The summed E-state index contributed by atoms with van der Waals surface area (Å²) in [4.78, 5) is 0. The van der Waals surface area contributed by atoms with E-state index in [-0.39, 0.29) is 5.38 Å². The number of aryl methyl sites for hydroxylation is 3. The predicted molar refractivity (Wildman–Crippen MR) is 78.4 cm³/mol. The first-order valence-corrected chi connectivity index (χ1v) is 7.77. The van der Waals surface area contributed by atoms with Crippen LogP contribution in [0, 0.1) is 5.41 Å². The lowest BCUT2D eigenvalue weighted by atomic mass is 9.84. The van der Waals surface area contributed by atoms with Crippen molar-refractivity contribution in [2.24, 2.45) is 5.41 Å². The van der Waals surface area contributed by atoms with Gasteiger partial charge in [0.2, 0.25) is 0 Å². The molecule has 1 heteroatoms. The number of hydrogen-bond donors (Lipinski definition) is 0. The Morgan fingerprint density at radius 1 is 1.00 bits per heavy atom. The summed E-state index contributed by atoms with van der Waals surface area (Å²) in [6, 6.07) is 4.91. The van der Waals surface area contributed by atoms with Gasteiger partial charge in [-0.1, -0.05) is 26.0 Å². The van der Waals surface area contributed by atoms with E-state index in [0.717, 1.165) is 6.42 Å². The van der Waals surface area contributed by atoms with Crippen molar-refractivity contribution in [3.05, 3.63) is 34.4 Å². The molecule has 1 unspecified atom stereocenters. The molecule has 3 rings (SSSR count). The van der Waals surface area contributed by atoms with Gasteiger partial charge in [-0.2, -0.15) is 0 Å². The SMILES string of the molecule is CC1(C)CCc2cc3c(cc2C(Cl)C1)CCCC3. The van der Waals surface area contributed by atoms with Gasteiger partial charge >= 0.3 is 0 Å². The van der Waals surface area contributed by atoms with E-state index in [9.17, 15) is 0 Å². The second-order valence-electron chi connectivity index (χ2n) is 6.86. The van der Waals surface area contributed by atoms with Crippen LogP contribution in [0.3, 0.4) is 0 Å². The Morgan fingerprint density at radius 2 is 1.67 bits per heavy atom. The van der Waals surface area contributed by atoms with Crippen LogP contribution in [0.4, 0.5) is 0 Å². The van der Waals surface area contributed by atoms with Crippen LogP contribution in [0.1, 0.15) is 67.2 Å². The van der Waals surface area contributed by atoms with Gasteiger partial charge in [-0.3, -0.25) is 0 Å². The van der Waals surface area contributed by atoms with E-state index in [0.29, 0.717) is 5.41 Å². The third-order valence-corrected chi connectivity index (χ3v) is 5.13. The minimum Gasteiger partial charge on any atom is -0.118 e. The number of rotatable bonds is 0. The number of halogens is 1. The largest absolute Gasteiger partial charge is 0.118 e. The molecule has 98 valence electrons. The molecule has 0 nitrogen and oxygen atoms in total. The molecule has 0 aromatic heterocycles. The average molecular weight is 263 g/mol. The lowest BCUT2D eigenvalue weighted by Crippen LogP contribution is -2.11. The van der Waals surface area contributed by atoms with Crippen molar-refractivity contribution in [3.63, 3.8) is 0 Å². The molecular formula is C17H23Cl. The van der Waals surface area contributed by atoms with E-state index in [1.165, 1.54) is 49.7 Å². The van der Waals surface area contributed by atoms with Crippen LogP contribution in [0.2, 0.25) is 0 Å². The highest BCUT2D eigenvalue weighted by Gasteiger charge is 2.29. The van der Waals surface area contributed by atoms with Gasteiger partial charge in [0.15, 0.2) is 0 Å². The highest BCUT2D eigenvalue weighted by atomic mass is 35.5. The Labute approximate surface area is 116 Å². The molecule has 0 spiro atoms. The monoisotopic (exact) mass is 262 g/mol. The van der Waals surface area contributed by atoms with Crippen molar-refractivity contribution < 1.29 is 0 Å². The fraction of sp³-hybridized carbons (Fsp3) is 0.647. The molecule has 0 radical (unpaired) electrons. The van der Waals surface area contributed by atoms with Gasteiger partial charge < -0.3 is 0 Å². The Hall–Kier alpha value is -0.490. The first kappa shape index (κ1) is 12.5. The van der Waals surface area contributed by atoms with Crippen molar-refractivity contribution in [2.75, 3.05) is 0 Å². The molecule has 2 aliphatic carbocycles. The summed E-state index contributed by atoms with van der Waals surface area (Å²) < 4.78 is 0. The Balaban J connectivity index is 2.02. The molecule has 0 aliphatic heterocycles. The molecule has 0 fully saturated rings. The van der Waals surface area contributed by atoms with Crippen LogP contribution in [0.15, 0.2) is 12.1 Å². The number of alkyl halides is 1. The van der Waals surface area contributed by atoms with Crippen molar-refractivity contribution in [3.8, 4) is 0 Å². The van der Waals surface area contributed by atoms with Crippen LogP contribution >= 0.6 is 11.6 Å². The Kier molecular flexibility index (Phi) is 3.18. The Morgan fingerprint density at radius 3 is 2.39 bits per heavy atom. The molecule has 1 atom stereocenters. The quantitative estimate of drug-likeness (QED) is 0.445. The first-order chi connectivity index (χ1) is 8.55. The highest BCUT2D eigenvalue weighted by molar-refractivity contribution is 6.21. The van der Waals surface area contributed by atoms with E-state index in [1.807, 2.05) is 0 Å². The summed E-state index contributed by atoms with van der Waals surface area (Å²) in [6.45, 7) is 4.71. The van der Waals surface area contributed by atoms with Gasteiger partial charge in [0.25, 0.3) is 0 Å². The number of fused-ring (bicyclic) bond motifs is 2. The second kappa shape index (κ2) is 4.56. The maximum absolute atomic E-state index is 6.68. The van der Waals surface area contributed by atoms with Crippen LogP contribution < -0.4 is 0 Å². The van der Waals surface area contributed by atoms with Crippen molar-refractivity contribution in [1.29, 1.82) is 0 Å². The second-order valence-corrected chi connectivity index (χ2v) is 7.39. The van der Waals surface area contributed by atoms with Crippen LogP contribution in [-0.4, -0.2) is 0 Å². The average Bonchev–Trinajstić information content (AvgIpc) is 2.44. The van der Waals surface area contributed by atoms with Gasteiger partial charge in [0.1, 0.15) is 0 Å². The topological polar surface area (TPSA) is 0 Å². The number of benzene rings is 1. The smallest absolute Gasteiger partial charge is 0.0593 e. The molecule has 1 aromatic carbocycles. The van der Waals surface area contributed by atoms with Crippen LogP contribution in [0.5, 0.6) is 0 Å². The summed E-state index contributed by atoms with van der Waals surface area (Å²) in [7, 11) is 0. The fourth-order valence-corrected chi connectivity index (χ4v) is 4.15. The molecule has 0 amide bonds. The zero-order chi connectivity index (χ0) is 12.8. The summed E-state index contributed by atoms with van der Waals surface area (Å²) in [6.07, 6.45) is 8.83. The van der Waals surface area contributed by atoms with Gasteiger partial charge in [-0.25, -0.2) is 0 Å². The summed E-state index contributed by atoms with van der Waals surface area (Å²) >= 11 is 6.68. The molecule has 1 aromatic rings. The molecule has 2 aliphatic rings. The lowest BCUT2D eigenvalue weighted by Gasteiger charge is -2.24. The molecule has 0 heterocycles. The third-order valence-electron chi connectivity index (χ3n) is 4.74. The molecular weight excluding hydrogens is 240 g/mol. The van der Waals surface area contributed by atoms with Crippen molar-refractivity contribution in [1.82, 2.24) is 0 Å². The maximum atomic E-state index is 6.68. The predicted octanol–water partition coefficient (Wildman–Crippen LogP) is 5.21. The summed E-state index contributed by atoms with van der Waals surface area (Å²) in [5.74, 6) is 0. The van der Waals surface area contributed by atoms with Gasteiger partial charge in [0, 0.05) is 0 Å². The van der Waals surface area contributed by atoms with Crippen LogP contribution in [-0.2, 0) is 19.3 Å². The van der Waals surface area contributed by atoms with E-state index in [1.54, 1.807) is 11.1 Å². The molecule has 0 N–H and O–H groups in total. The standard InChI is InChI=1S/C17H23Cl/c1-17(2)8-7-14-9-12-5-3-4-6-13(12)10-15(14)16(18)11-17/h9-10,16H,3-8,11H2,1-2H3. The van der Waals surface area contributed by atoms with E-state index >= 15 is 0 Å². The zero-order valence-corrected chi connectivity index (χ0v) is 12.3. The summed E-state index contributed by atoms with van der Waals surface area (Å²) in [5.41, 5.74) is 6.52. The van der Waals surface area contributed by atoms with E-state index in [2.05, 4.69) is 26.0 Å². The summed E-state index contributed by atoms with van der Waals surface area (Å²) in [5, 5.41) is 0.213. The normalized spacial score (nSPS) is 26.1. The van der Waals surface area contributed by atoms with Gasteiger partial charge in [0.05, 0.1) is 5.38 Å². The van der Waals surface area contributed by atoms with Crippen molar-refractivity contribution in [2.45, 2.75) is 64.2 Å². The van der Waals surface area contributed by atoms with E-state index < -0.39 is 0 Å². The molecule has 0 saturated carbocycles. The van der Waals surface area contributed by atoms with Gasteiger partial charge in [-0.15, -0.1) is 11.6 Å². The first-order valence-electron chi connectivity index (χ1n) is 7.34. The Bertz CT molecular complexity index is 459. The molecule has 0 bridgehead atoms. The third kappa shape index (κ3) is 2.32. The van der Waals surface area contributed by atoms with E-state index in [4.69, 9.17) is 11.6 Å². The minimum absolute atomic E-state index is 0.213. The maximum Gasteiger partial charge on any atom is 0.0593 e. The molecule has 0 saturated heterocycles. The minimum atomic E-state index is 0.213. The number of hydrogen-bond acceptors (Lipinski definition) is 0. The van der Waals surface area contributed by atoms with Crippen molar-refractivity contribution >= 4 is 11.6 Å². The van der Waals surface area contributed by atoms with Gasteiger partial charge in [-0.05, 0) is 72.6 Å². The zero-order valence-electron chi connectivity index (χ0n) is 11.6. The molecule has 18 heavy (non-hydrogen) atoms.